The van der Waals surface area contributed by atoms with E-state index in [4.69, 9.17) is 4.55 Å². The number of hydrogen-bond donors (Lipinski definition) is 1. The second-order valence-electron chi connectivity index (χ2n) is 1.55. The Kier molecular flexibility index (Phi) is 4.46. The predicted molar refractivity (Wildman–Crippen MR) is 38.8 cm³/mol. The van der Waals surface area contributed by atoms with Crippen molar-refractivity contribution >= 4 is 20.8 Å². The zero-order valence-corrected chi connectivity index (χ0v) is 7.75. The second kappa shape index (κ2) is 4.64. The van der Waals surface area contributed by atoms with E-state index in [1.807, 2.05) is 0 Å². The largest absolute Gasteiger partial charge is 0.428 e. The quantitative estimate of drug-likeness (QED) is 0.274. The first kappa shape index (κ1) is 12.5. The molecule has 0 bridgehead atoms. The lowest BCUT2D eigenvalue weighted by Crippen LogP contribution is -2.14. The summed E-state index contributed by atoms with van der Waals surface area (Å²) in [6, 6.07) is 0. The summed E-state index contributed by atoms with van der Waals surface area (Å²) in [6.45, 7) is 2.70. The Bertz CT molecular complexity index is 349. The molecule has 0 rings (SSSR count). The van der Waals surface area contributed by atoms with Gasteiger partial charge in [-0.05, 0) is 0 Å². The molecule has 13 heavy (non-hydrogen) atoms. The van der Waals surface area contributed by atoms with E-state index in [1.54, 1.807) is 0 Å². The van der Waals surface area contributed by atoms with Crippen LogP contribution in [0.3, 0.4) is 0 Å². The van der Waals surface area contributed by atoms with Crippen LogP contribution in [-0.4, -0.2) is 28.0 Å². The third-order valence-electron chi connectivity index (χ3n) is 0.527. The normalized spacial score (nSPS) is 12.7. The average molecular weight is 234 g/mol. The molecule has 0 aliphatic heterocycles. The third-order valence-corrected chi connectivity index (χ3v) is 1.51. The monoisotopic (exact) mass is 234 g/mol. The molecule has 0 saturated heterocycles. The first-order valence-electron chi connectivity index (χ1n) is 2.62. The van der Waals surface area contributed by atoms with E-state index in [2.05, 4.69) is 19.4 Å². The Morgan fingerprint density at radius 2 is 1.77 bits per heavy atom. The van der Waals surface area contributed by atoms with Gasteiger partial charge in [0.15, 0.2) is 0 Å². The fourth-order valence-corrected chi connectivity index (χ4v) is 1.08. The topological polar surface area (TPSA) is 116 Å². The fraction of sp³-hybridized carbons (Fsp3) is 0.333. The first-order chi connectivity index (χ1) is 5.77. The minimum absolute atomic E-state index is 0.419. The minimum atomic E-state index is -4.99. The van der Waals surface area contributed by atoms with Crippen LogP contribution in [0, 0.1) is 0 Å². The van der Waals surface area contributed by atoms with E-state index in [9.17, 15) is 16.8 Å². The van der Waals surface area contributed by atoms with E-state index >= 15 is 0 Å². The molecule has 10 heteroatoms. The summed E-state index contributed by atoms with van der Waals surface area (Å²) >= 11 is 0. The van der Waals surface area contributed by atoms with Crippen LogP contribution in [0.1, 0.15) is 0 Å². The molecule has 78 valence electrons. The highest BCUT2D eigenvalue weighted by Crippen LogP contribution is 1.99. The SMILES string of the molecule is C=CCOS(=O)(=O)OOS(=O)(=O)O. The van der Waals surface area contributed by atoms with Crippen molar-refractivity contribution in [3.63, 3.8) is 0 Å². The lowest BCUT2D eigenvalue weighted by Gasteiger charge is -1.99. The number of hydrogen-bond acceptors (Lipinski definition) is 7. The lowest BCUT2D eigenvalue weighted by molar-refractivity contribution is -0.107. The van der Waals surface area contributed by atoms with E-state index < -0.39 is 27.4 Å². The maximum atomic E-state index is 10.4. The summed E-state index contributed by atoms with van der Waals surface area (Å²) in [7, 11) is -9.60. The molecule has 0 fully saturated rings. The third kappa shape index (κ3) is 7.83. The first-order valence-corrected chi connectivity index (χ1v) is 5.32. The Morgan fingerprint density at radius 3 is 2.15 bits per heavy atom. The van der Waals surface area contributed by atoms with Gasteiger partial charge in [-0.3, -0.25) is 4.55 Å². The number of rotatable bonds is 6. The summed E-state index contributed by atoms with van der Waals surface area (Å²) in [4.78, 5) is 0. The van der Waals surface area contributed by atoms with E-state index in [0.29, 0.717) is 0 Å². The van der Waals surface area contributed by atoms with Crippen molar-refractivity contribution in [1.29, 1.82) is 0 Å². The Hall–Kier alpha value is -0.520. The van der Waals surface area contributed by atoms with E-state index in [-0.39, 0.29) is 0 Å². The summed E-state index contributed by atoms with van der Waals surface area (Å²) in [6.07, 6.45) is 1.08. The molecule has 0 spiro atoms. The van der Waals surface area contributed by atoms with Crippen molar-refractivity contribution in [3.8, 4) is 0 Å². The lowest BCUT2D eigenvalue weighted by atomic mass is 10.7. The van der Waals surface area contributed by atoms with Crippen LogP contribution < -0.4 is 0 Å². The maximum Gasteiger partial charge on any atom is 0.428 e. The molecule has 0 radical (unpaired) electrons. The van der Waals surface area contributed by atoms with Crippen LogP contribution in [0.4, 0.5) is 0 Å². The molecule has 0 amide bonds. The fourth-order valence-electron chi connectivity index (χ4n) is 0.220. The van der Waals surface area contributed by atoms with Crippen molar-refractivity contribution in [2.24, 2.45) is 0 Å². The van der Waals surface area contributed by atoms with Crippen molar-refractivity contribution in [3.05, 3.63) is 12.7 Å². The average Bonchev–Trinajstić information content (AvgIpc) is 1.97. The van der Waals surface area contributed by atoms with Gasteiger partial charge < -0.3 is 0 Å². The second-order valence-corrected chi connectivity index (χ2v) is 3.73. The summed E-state index contributed by atoms with van der Waals surface area (Å²) in [5.74, 6) is 0. The summed E-state index contributed by atoms with van der Waals surface area (Å²) < 4.78 is 58.7. The molecular formula is C3H6O8S2. The van der Waals surface area contributed by atoms with Crippen molar-refractivity contribution in [2.75, 3.05) is 6.61 Å². The van der Waals surface area contributed by atoms with Crippen molar-refractivity contribution in [1.82, 2.24) is 0 Å². The molecule has 0 aromatic carbocycles. The van der Waals surface area contributed by atoms with Crippen LogP contribution in [0.5, 0.6) is 0 Å². The van der Waals surface area contributed by atoms with Gasteiger partial charge in [0.2, 0.25) is 0 Å². The van der Waals surface area contributed by atoms with Crippen LogP contribution in [0.25, 0.3) is 0 Å². The highest BCUT2D eigenvalue weighted by molar-refractivity contribution is 7.83. The molecule has 0 aliphatic rings. The highest BCUT2D eigenvalue weighted by atomic mass is 32.3. The van der Waals surface area contributed by atoms with Crippen LogP contribution >= 0.6 is 0 Å². The molecule has 0 aliphatic carbocycles. The molecule has 0 aromatic heterocycles. The van der Waals surface area contributed by atoms with Gasteiger partial charge in [-0.15, -0.1) is 6.58 Å². The molecule has 0 saturated carbocycles. The highest BCUT2D eigenvalue weighted by Gasteiger charge is 2.17. The van der Waals surface area contributed by atoms with Gasteiger partial charge in [-0.1, -0.05) is 14.7 Å². The van der Waals surface area contributed by atoms with Gasteiger partial charge in [-0.2, -0.15) is 16.8 Å². The molecule has 0 atom stereocenters. The van der Waals surface area contributed by atoms with Crippen molar-refractivity contribution < 1.29 is 34.2 Å². The maximum absolute atomic E-state index is 10.4. The zero-order valence-electron chi connectivity index (χ0n) is 6.11. The van der Waals surface area contributed by atoms with Gasteiger partial charge in [-0.25, -0.2) is 4.18 Å². The Balaban J connectivity index is 4.13. The van der Waals surface area contributed by atoms with Crippen LogP contribution in [0.2, 0.25) is 0 Å². The van der Waals surface area contributed by atoms with Gasteiger partial charge in [0, 0.05) is 0 Å². The van der Waals surface area contributed by atoms with Crippen LogP contribution in [0.15, 0.2) is 12.7 Å². The predicted octanol–water partition coefficient (Wildman–Crippen LogP) is -0.815. The molecule has 0 unspecified atom stereocenters. The standard InChI is InChI=1S/C3H6O8S2/c1-2-3-9-13(7,8)11-10-12(4,5)6/h2H,1,3H2,(H,4,5,6). The van der Waals surface area contributed by atoms with Crippen molar-refractivity contribution in [2.45, 2.75) is 0 Å². The van der Waals surface area contributed by atoms with Crippen LogP contribution in [-0.2, 0) is 33.6 Å². The summed E-state index contributed by atoms with van der Waals surface area (Å²) in [5, 5.41) is 0. The zero-order chi connectivity index (χ0) is 10.5. The minimum Gasteiger partial charge on any atom is -0.262 e. The molecule has 0 heterocycles. The smallest absolute Gasteiger partial charge is 0.262 e. The van der Waals surface area contributed by atoms with Gasteiger partial charge >= 0.3 is 20.8 Å². The Labute approximate surface area is 74.9 Å². The molecule has 0 aromatic rings. The van der Waals surface area contributed by atoms with Gasteiger partial charge in [0.25, 0.3) is 0 Å². The molecular weight excluding hydrogens is 228 g/mol. The Morgan fingerprint density at radius 1 is 1.23 bits per heavy atom. The van der Waals surface area contributed by atoms with E-state index in [0.717, 1.165) is 6.08 Å². The summed E-state index contributed by atoms with van der Waals surface area (Å²) in [5.41, 5.74) is 0. The van der Waals surface area contributed by atoms with Gasteiger partial charge in [0.05, 0.1) is 6.61 Å². The van der Waals surface area contributed by atoms with Gasteiger partial charge in [0.1, 0.15) is 0 Å². The van der Waals surface area contributed by atoms with E-state index in [1.165, 1.54) is 0 Å². The molecule has 1 N–H and O–H groups in total. The molecule has 8 nitrogen and oxygen atoms in total.